The monoisotopic (exact) mass is 734 g/mol. The first-order valence-electron chi connectivity index (χ1n) is 15.9. The second-order valence-corrected chi connectivity index (χ2v) is 12.3. The number of rotatable bonds is 4. The summed E-state index contributed by atoms with van der Waals surface area (Å²) in [5, 5.41) is 12.2. The Morgan fingerprint density at radius 2 is 1.49 bits per heavy atom. The number of likely N-dealkylation sites (N-methyl/N-ethyl adjacent to an activating group) is 1. The number of alkyl halides is 3. The summed E-state index contributed by atoms with van der Waals surface area (Å²) >= 11 is 0. The van der Waals surface area contributed by atoms with Crippen LogP contribution < -0.4 is 16.4 Å². The van der Waals surface area contributed by atoms with Gasteiger partial charge in [0.25, 0.3) is 0 Å². The molecule has 0 aromatic heterocycles. The number of hydrogen-bond donors (Lipinski definition) is 4. The Morgan fingerprint density at radius 1 is 0.961 bits per heavy atom. The number of nitrogens with one attached hydrogen (secondary N) is 2. The number of hydrogen-bond acceptors (Lipinski definition) is 9. The maximum absolute atomic E-state index is 13.8. The molecule has 3 aliphatic heterocycles. The first kappa shape index (κ1) is 40.5. The van der Waals surface area contributed by atoms with Crippen LogP contribution in [0.25, 0.3) is 0 Å². The molecular weight excluding hydrogens is 695 g/mol. The molecule has 20 heteroatoms. The van der Waals surface area contributed by atoms with Crippen LogP contribution >= 0.6 is 0 Å². The molecule has 3 aliphatic rings. The highest BCUT2D eigenvalue weighted by Crippen LogP contribution is 2.23. The van der Waals surface area contributed by atoms with E-state index in [0.717, 1.165) is 12.1 Å². The van der Waals surface area contributed by atoms with Gasteiger partial charge in [-0.15, -0.1) is 0 Å². The molecule has 0 unspecified atom stereocenters. The Morgan fingerprint density at radius 3 is 2.04 bits per heavy atom. The number of fused-ring (bicyclic) bond motifs is 2. The number of nitrogens with two attached hydrogens (primary N) is 1. The Kier molecular flexibility index (Phi) is 13.4. The fourth-order valence-electron chi connectivity index (χ4n) is 5.80. The summed E-state index contributed by atoms with van der Waals surface area (Å²) in [5.41, 5.74) is 6.14. The normalized spacial score (nSPS) is 25.6. The van der Waals surface area contributed by atoms with Crippen molar-refractivity contribution in [2.75, 3.05) is 26.7 Å². The average molecular weight is 735 g/mol. The zero-order chi connectivity index (χ0) is 38.4. The molecule has 5 N–H and O–H groups in total. The van der Waals surface area contributed by atoms with Gasteiger partial charge in [-0.2, -0.15) is 13.2 Å². The number of amides is 5. The van der Waals surface area contributed by atoms with Crippen molar-refractivity contribution < 1.29 is 65.4 Å². The summed E-state index contributed by atoms with van der Waals surface area (Å²) in [6.07, 6.45) is -3.78. The first-order chi connectivity index (χ1) is 23.7. The molecule has 3 saturated heterocycles. The minimum Gasteiger partial charge on any atom is -0.475 e. The number of aliphatic carboxylic acids is 1. The van der Waals surface area contributed by atoms with Gasteiger partial charge in [0.1, 0.15) is 48.5 Å². The summed E-state index contributed by atoms with van der Waals surface area (Å²) in [7, 11) is 1.43. The quantitative estimate of drug-likeness (QED) is 0.238. The molecule has 5 amide bonds. The molecule has 3 fully saturated rings. The highest BCUT2D eigenvalue weighted by atomic mass is 19.4. The molecule has 1 aromatic rings. The average Bonchev–Trinajstić information content (AvgIpc) is 3.74. The van der Waals surface area contributed by atoms with E-state index in [1.54, 1.807) is 0 Å². The molecule has 0 radical (unpaired) electrons. The summed E-state index contributed by atoms with van der Waals surface area (Å²) in [5.74, 6) is -8.41. The third-order valence-electron chi connectivity index (χ3n) is 8.63. The van der Waals surface area contributed by atoms with E-state index < -0.39 is 102 Å². The molecule has 1 aromatic carbocycles. The van der Waals surface area contributed by atoms with Gasteiger partial charge in [0, 0.05) is 26.2 Å². The van der Waals surface area contributed by atoms with Crippen molar-refractivity contribution in [2.45, 2.75) is 88.4 Å². The number of cyclic esters (lactones) is 1. The van der Waals surface area contributed by atoms with Gasteiger partial charge in [0.05, 0.1) is 6.04 Å². The van der Waals surface area contributed by atoms with Gasteiger partial charge in [0.2, 0.25) is 29.5 Å². The maximum Gasteiger partial charge on any atom is 0.490 e. The van der Waals surface area contributed by atoms with Gasteiger partial charge >= 0.3 is 18.1 Å². The summed E-state index contributed by atoms with van der Waals surface area (Å²) < 4.78 is 64.5. The van der Waals surface area contributed by atoms with E-state index in [2.05, 4.69) is 10.6 Å². The van der Waals surface area contributed by atoms with E-state index in [-0.39, 0.29) is 25.1 Å². The minimum absolute atomic E-state index is 0.118. The summed E-state index contributed by atoms with van der Waals surface area (Å²) in [6.45, 7) is 2.79. The Bertz CT molecular complexity index is 1510. The van der Waals surface area contributed by atoms with Gasteiger partial charge in [-0.05, 0) is 63.6 Å². The van der Waals surface area contributed by atoms with Gasteiger partial charge in [0.15, 0.2) is 0 Å². The lowest BCUT2D eigenvalue weighted by molar-refractivity contribution is -0.192. The minimum atomic E-state index is -5.08. The lowest BCUT2D eigenvalue weighted by Gasteiger charge is -2.34. The van der Waals surface area contributed by atoms with Crippen molar-refractivity contribution in [3.8, 4) is 0 Å². The molecule has 0 bridgehead atoms. The van der Waals surface area contributed by atoms with E-state index in [1.165, 1.54) is 35.6 Å². The van der Waals surface area contributed by atoms with Crippen LogP contribution in [0.3, 0.4) is 0 Å². The lowest BCUT2D eigenvalue weighted by Crippen LogP contribution is -2.60. The number of ether oxygens (including phenoxy) is 1. The van der Waals surface area contributed by atoms with Gasteiger partial charge in [-0.3, -0.25) is 24.0 Å². The molecule has 4 rings (SSSR count). The second kappa shape index (κ2) is 16.9. The standard InChI is InChI=1S/C29H38F2N6O7.C2HF3O2/c1-15-26(40)37-9-5-7-23(37)29(43)44-14-21(34-25(39)20(32)12-17-10-18(30)13-19(31)11-17)27(41)36-8-4-6-22(36)28(42)35(3)16(2)24(38)33-15;3-2(4,5)1(6)7/h10-11,13,15-16,20-23H,4-9,12,14,32H2,1-3H3,(H,33,38)(H,34,39);(H,6,7)/t15-,16-,20-,21-,22-,23-;/m0./s1. The molecule has 282 valence electrons. The fraction of sp³-hybridized carbons (Fsp3) is 0.581. The number of halogens is 5. The highest BCUT2D eigenvalue weighted by molar-refractivity contribution is 5.97. The topological polar surface area (TPSA) is 209 Å². The molecule has 0 saturated carbocycles. The van der Waals surface area contributed by atoms with Crippen molar-refractivity contribution in [1.29, 1.82) is 0 Å². The van der Waals surface area contributed by atoms with Crippen LogP contribution in [0, 0.1) is 11.6 Å². The predicted molar refractivity (Wildman–Crippen MR) is 164 cm³/mol. The molecule has 0 aliphatic carbocycles. The summed E-state index contributed by atoms with van der Waals surface area (Å²) in [4.78, 5) is 92.4. The van der Waals surface area contributed by atoms with Gasteiger partial charge in [-0.1, -0.05) is 0 Å². The van der Waals surface area contributed by atoms with Crippen molar-refractivity contribution >= 4 is 41.5 Å². The van der Waals surface area contributed by atoms with E-state index in [0.29, 0.717) is 31.7 Å². The van der Waals surface area contributed by atoms with Crippen molar-refractivity contribution in [3.63, 3.8) is 0 Å². The third kappa shape index (κ3) is 10.3. The number of carboxylic acid groups (broad SMARTS) is 1. The maximum atomic E-state index is 13.8. The second-order valence-electron chi connectivity index (χ2n) is 12.3. The molecule has 15 nitrogen and oxygen atoms in total. The van der Waals surface area contributed by atoms with Crippen LogP contribution in [0.2, 0.25) is 0 Å². The molecule has 6 atom stereocenters. The Hall–Kier alpha value is -4.88. The number of esters is 1. The SMILES string of the molecule is C[C@@H]1NC(=O)[C@H](C)N(C)C(=O)[C@@H]2CCCN2C(=O)[C@@H](NC(=O)[C@@H](N)Cc2cc(F)cc(F)c2)COC(=O)[C@@H]2CCCN2C1=O.O=C(O)C(F)(F)F. The summed E-state index contributed by atoms with van der Waals surface area (Å²) in [6, 6.07) is -3.94. The highest BCUT2D eigenvalue weighted by Gasteiger charge is 2.43. The smallest absolute Gasteiger partial charge is 0.475 e. The van der Waals surface area contributed by atoms with Crippen LogP contribution in [0.5, 0.6) is 0 Å². The molecule has 0 spiro atoms. The van der Waals surface area contributed by atoms with E-state index >= 15 is 0 Å². The zero-order valence-corrected chi connectivity index (χ0v) is 27.9. The van der Waals surface area contributed by atoms with Crippen LogP contribution in [-0.4, -0.2) is 130 Å². The third-order valence-corrected chi connectivity index (χ3v) is 8.63. The largest absolute Gasteiger partial charge is 0.490 e. The lowest BCUT2D eigenvalue weighted by atomic mass is 10.0. The van der Waals surface area contributed by atoms with Crippen molar-refractivity contribution in [1.82, 2.24) is 25.3 Å². The zero-order valence-electron chi connectivity index (χ0n) is 27.9. The number of carboxylic acids is 1. The number of benzene rings is 1. The van der Waals surface area contributed by atoms with Crippen LogP contribution in [0.4, 0.5) is 22.0 Å². The van der Waals surface area contributed by atoms with E-state index in [4.69, 9.17) is 20.4 Å². The van der Waals surface area contributed by atoms with Crippen molar-refractivity contribution in [3.05, 3.63) is 35.4 Å². The van der Waals surface area contributed by atoms with Crippen LogP contribution in [0.15, 0.2) is 18.2 Å². The van der Waals surface area contributed by atoms with Crippen LogP contribution in [-0.2, 0) is 44.7 Å². The van der Waals surface area contributed by atoms with E-state index in [9.17, 15) is 50.7 Å². The number of carbonyl (C=O) groups excluding carboxylic acids is 6. The molecule has 51 heavy (non-hydrogen) atoms. The fourth-order valence-corrected chi connectivity index (χ4v) is 5.80. The van der Waals surface area contributed by atoms with E-state index in [1.807, 2.05) is 0 Å². The molecular formula is C31H39F5N6O9. The first-order valence-corrected chi connectivity index (χ1v) is 15.9. The van der Waals surface area contributed by atoms with Crippen molar-refractivity contribution in [2.24, 2.45) is 5.73 Å². The van der Waals surface area contributed by atoms with Crippen LogP contribution in [0.1, 0.15) is 45.1 Å². The predicted octanol–water partition coefficient (Wildman–Crippen LogP) is -0.157. The Balaban J connectivity index is 0.000000908. The Labute approximate surface area is 288 Å². The van der Waals surface area contributed by atoms with Gasteiger partial charge in [-0.25, -0.2) is 18.4 Å². The number of carbonyl (C=O) groups is 7. The number of nitrogens with zero attached hydrogens (tertiary/aromatic N) is 3. The molecule has 3 heterocycles. The van der Waals surface area contributed by atoms with Gasteiger partial charge < -0.3 is 40.9 Å².